The monoisotopic (exact) mass is 378 g/mol. The SMILES string of the molecule is Cc1cn2nc(-c3cc(F)c4cn(C5CCN(C)CC5)nc4c3)cc(C)c2n1. The largest absolute Gasteiger partial charge is 0.306 e. The van der Waals surface area contributed by atoms with Crippen LogP contribution in [0.25, 0.3) is 27.8 Å². The van der Waals surface area contributed by atoms with Crippen molar-refractivity contribution in [3.05, 3.63) is 47.7 Å². The third-order valence-corrected chi connectivity index (χ3v) is 5.68. The summed E-state index contributed by atoms with van der Waals surface area (Å²) in [4.78, 5) is 6.80. The smallest absolute Gasteiger partial charge is 0.156 e. The minimum Gasteiger partial charge on any atom is -0.306 e. The Bertz CT molecular complexity index is 1180. The molecule has 1 fully saturated rings. The van der Waals surface area contributed by atoms with Gasteiger partial charge in [-0.15, -0.1) is 0 Å². The van der Waals surface area contributed by atoms with Gasteiger partial charge in [-0.1, -0.05) is 0 Å². The molecule has 1 aromatic carbocycles. The van der Waals surface area contributed by atoms with E-state index in [-0.39, 0.29) is 5.82 Å². The Labute approximate surface area is 162 Å². The molecule has 3 aromatic heterocycles. The highest BCUT2D eigenvalue weighted by atomic mass is 19.1. The fraction of sp³-hybridized carbons (Fsp3) is 0.381. The minimum absolute atomic E-state index is 0.256. The van der Waals surface area contributed by atoms with E-state index in [1.807, 2.05) is 43.1 Å². The van der Waals surface area contributed by atoms with Crippen LogP contribution in [0.5, 0.6) is 0 Å². The highest BCUT2D eigenvalue weighted by molar-refractivity contribution is 5.84. The summed E-state index contributed by atoms with van der Waals surface area (Å²) in [7, 11) is 2.13. The van der Waals surface area contributed by atoms with Gasteiger partial charge in [-0.2, -0.15) is 10.2 Å². The highest BCUT2D eigenvalue weighted by Gasteiger charge is 2.20. The predicted octanol–water partition coefficient (Wildman–Crippen LogP) is 3.77. The Morgan fingerprint density at radius 3 is 2.61 bits per heavy atom. The number of fused-ring (bicyclic) bond motifs is 2. The second kappa shape index (κ2) is 6.38. The van der Waals surface area contributed by atoms with E-state index >= 15 is 0 Å². The molecule has 0 spiro atoms. The molecule has 0 unspecified atom stereocenters. The molecule has 4 aromatic rings. The van der Waals surface area contributed by atoms with E-state index in [9.17, 15) is 4.39 Å². The molecule has 6 nitrogen and oxygen atoms in total. The Hall–Kier alpha value is -2.80. The third kappa shape index (κ3) is 2.86. The van der Waals surface area contributed by atoms with Gasteiger partial charge in [0, 0.05) is 11.8 Å². The maximum Gasteiger partial charge on any atom is 0.156 e. The van der Waals surface area contributed by atoms with E-state index in [0.29, 0.717) is 16.9 Å². The van der Waals surface area contributed by atoms with Gasteiger partial charge in [-0.05, 0) is 70.6 Å². The summed E-state index contributed by atoms with van der Waals surface area (Å²) in [6.07, 6.45) is 5.81. The van der Waals surface area contributed by atoms with Gasteiger partial charge in [0.25, 0.3) is 0 Å². The van der Waals surface area contributed by atoms with Gasteiger partial charge in [0.15, 0.2) is 5.65 Å². The molecule has 0 radical (unpaired) electrons. The quantitative estimate of drug-likeness (QED) is 0.533. The lowest BCUT2D eigenvalue weighted by atomic mass is 10.1. The molecule has 0 atom stereocenters. The number of likely N-dealkylation sites (tertiary alicyclic amines) is 1. The summed E-state index contributed by atoms with van der Waals surface area (Å²) < 4.78 is 18.6. The van der Waals surface area contributed by atoms with Crippen molar-refractivity contribution in [3.8, 4) is 11.3 Å². The highest BCUT2D eigenvalue weighted by Crippen LogP contribution is 2.29. The molecule has 1 saturated heterocycles. The molecule has 0 N–H and O–H groups in total. The summed E-state index contributed by atoms with van der Waals surface area (Å²) in [5, 5.41) is 9.90. The van der Waals surface area contributed by atoms with Crippen molar-refractivity contribution in [3.63, 3.8) is 0 Å². The molecule has 1 aliphatic rings. The zero-order chi connectivity index (χ0) is 19.4. The second-order valence-corrected chi connectivity index (χ2v) is 7.90. The number of hydrogen-bond donors (Lipinski definition) is 0. The van der Waals surface area contributed by atoms with Crippen LogP contribution in [-0.2, 0) is 0 Å². The summed E-state index contributed by atoms with van der Waals surface area (Å²) in [5.74, 6) is -0.256. The fourth-order valence-corrected chi connectivity index (χ4v) is 4.08. The first-order valence-corrected chi connectivity index (χ1v) is 9.69. The number of aryl methyl sites for hydroxylation is 2. The Morgan fingerprint density at radius 2 is 1.82 bits per heavy atom. The van der Waals surface area contributed by atoms with Crippen molar-refractivity contribution in [2.24, 2.45) is 0 Å². The van der Waals surface area contributed by atoms with E-state index in [1.165, 1.54) is 0 Å². The molecule has 5 rings (SSSR count). The molecule has 7 heteroatoms. The van der Waals surface area contributed by atoms with Gasteiger partial charge in [0.1, 0.15) is 5.82 Å². The van der Waals surface area contributed by atoms with Crippen LogP contribution in [0, 0.1) is 19.7 Å². The van der Waals surface area contributed by atoms with Crippen LogP contribution in [-0.4, -0.2) is 49.4 Å². The van der Waals surface area contributed by atoms with Crippen molar-refractivity contribution >= 4 is 16.6 Å². The molecule has 1 aliphatic heterocycles. The first-order valence-electron chi connectivity index (χ1n) is 9.69. The normalized spacial score (nSPS) is 16.4. The Balaban J connectivity index is 1.57. The predicted molar refractivity (Wildman–Crippen MR) is 107 cm³/mol. The Morgan fingerprint density at radius 1 is 1.04 bits per heavy atom. The third-order valence-electron chi connectivity index (χ3n) is 5.68. The van der Waals surface area contributed by atoms with Gasteiger partial charge in [0.05, 0.1) is 34.5 Å². The average Bonchev–Trinajstić information content (AvgIpc) is 3.26. The van der Waals surface area contributed by atoms with Crippen molar-refractivity contribution in [1.82, 2.24) is 29.3 Å². The maximum absolute atomic E-state index is 14.9. The number of imidazole rings is 1. The van der Waals surface area contributed by atoms with E-state index in [2.05, 4.69) is 22.0 Å². The van der Waals surface area contributed by atoms with Crippen LogP contribution >= 0.6 is 0 Å². The average molecular weight is 378 g/mol. The number of halogens is 1. The lowest BCUT2D eigenvalue weighted by Gasteiger charge is -2.28. The summed E-state index contributed by atoms with van der Waals surface area (Å²) in [6.45, 7) is 6.02. The zero-order valence-corrected chi connectivity index (χ0v) is 16.4. The molecule has 0 saturated carbocycles. The zero-order valence-electron chi connectivity index (χ0n) is 16.4. The van der Waals surface area contributed by atoms with Crippen molar-refractivity contribution < 1.29 is 4.39 Å². The molecule has 0 aliphatic carbocycles. The molecule has 0 amide bonds. The number of benzene rings is 1. The van der Waals surface area contributed by atoms with Gasteiger partial charge in [0.2, 0.25) is 0 Å². The molecule has 28 heavy (non-hydrogen) atoms. The van der Waals surface area contributed by atoms with Gasteiger partial charge in [-0.3, -0.25) is 4.68 Å². The number of nitrogens with zero attached hydrogens (tertiary/aromatic N) is 6. The molecule has 144 valence electrons. The van der Waals surface area contributed by atoms with E-state index in [1.54, 1.807) is 10.6 Å². The van der Waals surface area contributed by atoms with Gasteiger partial charge >= 0.3 is 0 Å². The van der Waals surface area contributed by atoms with Crippen LogP contribution in [0.1, 0.15) is 30.1 Å². The molecular formula is C21H23FN6. The van der Waals surface area contributed by atoms with Gasteiger partial charge < -0.3 is 4.90 Å². The molecule has 4 heterocycles. The Kier molecular flexibility index (Phi) is 3.94. The lowest BCUT2D eigenvalue weighted by molar-refractivity contribution is 0.213. The summed E-state index contributed by atoms with van der Waals surface area (Å²) in [6, 6.07) is 5.77. The lowest BCUT2D eigenvalue weighted by Crippen LogP contribution is -2.31. The van der Waals surface area contributed by atoms with Gasteiger partial charge in [-0.25, -0.2) is 13.9 Å². The van der Waals surface area contributed by atoms with Crippen LogP contribution < -0.4 is 0 Å². The van der Waals surface area contributed by atoms with E-state index < -0.39 is 0 Å². The fourth-order valence-electron chi connectivity index (χ4n) is 4.08. The summed E-state index contributed by atoms with van der Waals surface area (Å²) in [5.41, 5.74) is 4.87. The second-order valence-electron chi connectivity index (χ2n) is 7.90. The van der Waals surface area contributed by atoms with Crippen molar-refractivity contribution in [1.29, 1.82) is 0 Å². The first-order chi connectivity index (χ1) is 13.5. The molecular weight excluding hydrogens is 355 g/mol. The standard InChI is InChI=1S/C21H23FN6/c1-13-8-19(24-28-11-14(2)23-21(13)28)15-9-18(22)17-12-27(25-20(17)10-15)16-4-6-26(3)7-5-16/h8-12,16H,4-7H2,1-3H3. The van der Waals surface area contributed by atoms with Crippen LogP contribution in [0.4, 0.5) is 4.39 Å². The van der Waals surface area contributed by atoms with E-state index in [4.69, 9.17) is 5.10 Å². The minimum atomic E-state index is -0.256. The molecule has 0 bridgehead atoms. The summed E-state index contributed by atoms with van der Waals surface area (Å²) >= 11 is 0. The van der Waals surface area contributed by atoms with Crippen molar-refractivity contribution in [2.75, 3.05) is 20.1 Å². The topological polar surface area (TPSA) is 51.2 Å². The number of hydrogen-bond acceptors (Lipinski definition) is 4. The maximum atomic E-state index is 14.9. The number of rotatable bonds is 2. The van der Waals surface area contributed by atoms with Crippen molar-refractivity contribution in [2.45, 2.75) is 32.7 Å². The van der Waals surface area contributed by atoms with Crippen LogP contribution in [0.15, 0.2) is 30.6 Å². The first kappa shape index (κ1) is 17.3. The number of piperidine rings is 1. The van der Waals surface area contributed by atoms with Crippen LogP contribution in [0.3, 0.4) is 0 Å². The number of aromatic nitrogens is 5. The van der Waals surface area contributed by atoms with Crippen LogP contribution in [0.2, 0.25) is 0 Å². The van der Waals surface area contributed by atoms with E-state index in [0.717, 1.165) is 54.1 Å².